The molecule has 0 saturated carbocycles. The maximum atomic E-state index is 11.5. The first-order valence-electron chi connectivity index (χ1n) is 6.20. The number of carbonyl (C=O) groups is 2. The second-order valence-electron chi connectivity index (χ2n) is 4.27. The SMILES string of the molecule is O=C(O)NCCCC(=O)NN1CCCCCC1. The first-order chi connectivity index (χ1) is 8.18. The van der Waals surface area contributed by atoms with E-state index in [1.807, 2.05) is 5.01 Å². The maximum absolute atomic E-state index is 11.5. The van der Waals surface area contributed by atoms with Gasteiger partial charge < -0.3 is 10.4 Å². The summed E-state index contributed by atoms with van der Waals surface area (Å²) in [7, 11) is 0. The van der Waals surface area contributed by atoms with E-state index in [4.69, 9.17) is 5.11 Å². The fourth-order valence-corrected chi connectivity index (χ4v) is 1.86. The Bertz CT molecular complexity index is 250. The van der Waals surface area contributed by atoms with Gasteiger partial charge in [-0.25, -0.2) is 9.80 Å². The van der Waals surface area contributed by atoms with Crippen LogP contribution in [0.15, 0.2) is 0 Å². The van der Waals surface area contributed by atoms with E-state index in [1.165, 1.54) is 12.8 Å². The molecule has 0 atom stereocenters. The molecule has 1 fully saturated rings. The number of nitrogens with zero attached hydrogens (tertiary/aromatic N) is 1. The lowest BCUT2D eigenvalue weighted by Crippen LogP contribution is -2.42. The highest BCUT2D eigenvalue weighted by molar-refractivity contribution is 5.75. The van der Waals surface area contributed by atoms with Crippen LogP contribution in [0.4, 0.5) is 4.79 Å². The molecule has 17 heavy (non-hydrogen) atoms. The lowest BCUT2D eigenvalue weighted by atomic mass is 10.2. The number of carboxylic acid groups (broad SMARTS) is 1. The maximum Gasteiger partial charge on any atom is 0.404 e. The number of hydrogen-bond donors (Lipinski definition) is 3. The third-order valence-corrected chi connectivity index (χ3v) is 2.75. The van der Waals surface area contributed by atoms with Crippen LogP contribution in [0.2, 0.25) is 0 Å². The largest absolute Gasteiger partial charge is 0.465 e. The first kappa shape index (κ1) is 13.8. The van der Waals surface area contributed by atoms with Crippen molar-refractivity contribution in [1.29, 1.82) is 0 Å². The summed E-state index contributed by atoms with van der Waals surface area (Å²) in [6.07, 6.45) is 4.56. The van der Waals surface area contributed by atoms with Gasteiger partial charge in [-0.2, -0.15) is 0 Å². The van der Waals surface area contributed by atoms with Crippen LogP contribution in [0.1, 0.15) is 38.5 Å². The topological polar surface area (TPSA) is 81.7 Å². The van der Waals surface area contributed by atoms with Crippen molar-refractivity contribution in [3.8, 4) is 0 Å². The quantitative estimate of drug-likeness (QED) is 0.628. The van der Waals surface area contributed by atoms with Gasteiger partial charge in [0, 0.05) is 26.1 Å². The van der Waals surface area contributed by atoms with Gasteiger partial charge >= 0.3 is 6.09 Å². The van der Waals surface area contributed by atoms with Crippen LogP contribution >= 0.6 is 0 Å². The molecule has 6 heteroatoms. The Hall–Kier alpha value is -1.30. The Morgan fingerprint density at radius 3 is 2.35 bits per heavy atom. The Balaban J connectivity index is 2.08. The number of carbonyl (C=O) groups excluding carboxylic acids is 1. The summed E-state index contributed by atoms with van der Waals surface area (Å²) in [5.41, 5.74) is 2.87. The van der Waals surface area contributed by atoms with E-state index in [0.29, 0.717) is 19.4 Å². The first-order valence-corrected chi connectivity index (χ1v) is 6.20. The summed E-state index contributed by atoms with van der Waals surface area (Å²) in [4.78, 5) is 21.7. The van der Waals surface area contributed by atoms with Crippen LogP contribution in [0, 0.1) is 0 Å². The molecule has 6 nitrogen and oxygen atoms in total. The molecule has 1 heterocycles. The molecule has 0 unspecified atom stereocenters. The Labute approximate surface area is 101 Å². The Kier molecular flexibility index (Phi) is 6.39. The zero-order valence-electron chi connectivity index (χ0n) is 10.1. The third kappa shape index (κ3) is 6.78. The molecule has 1 saturated heterocycles. The van der Waals surface area contributed by atoms with Gasteiger partial charge in [-0.15, -0.1) is 0 Å². The van der Waals surface area contributed by atoms with E-state index in [2.05, 4.69) is 10.7 Å². The zero-order valence-corrected chi connectivity index (χ0v) is 10.1. The van der Waals surface area contributed by atoms with Crippen molar-refractivity contribution in [2.24, 2.45) is 0 Å². The van der Waals surface area contributed by atoms with Crippen molar-refractivity contribution < 1.29 is 14.7 Å². The highest BCUT2D eigenvalue weighted by Gasteiger charge is 2.11. The van der Waals surface area contributed by atoms with Crippen molar-refractivity contribution in [3.63, 3.8) is 0 Å². The molecular weight excluding hydrogens is 222 g/mol. The molecule has 0 spiro atoms. The van der Waals surface area contributed by atoms with Crippen LogP contribution < -0.4 is 10.7 Å². The van der Waals surface area contributed by atoms with Gasteiger partial charge in [0.15, 0.2) is 0 Å². The lowest BCUT2D eigenvalue weighted by molar-refractivity contribution is -0.126. The van der Waals surface area contributed by atoms with Crippen LogP contribution in [0.5, 0.6) is 0 Å². The summed E-state index contributed by atoms with van der Waals surface area (Å²) in [6, 6.07) is 0. The summed E-state index contributed by atoms with van der Waals surface area (Å²) in [5, 5.41) is 12.6. The van der Waals surface area contributed by atoms with Crippen molar-refractivity contribution in [2.45, 2.75) is 38.5 Å². The highest BCUT2D eigenvalue weighted by Crippen LogP contribution is 2.07. The van der Waals surface area contributed by atoms with Gasteiger partial charge in [0.1, 0.15) is 0 Å². The molecule has 0 radical (unpaired) electrons. The lowest BCUT2D eigenvalue weighted by Gasteiger charge is -2.20. The van der Waals surface area contributed by atoms with Crippen LogP contribution in [-0.2, 0) is 4.79 Å². The van der Waals surface area contributed by atoms with Gasteiger partial charge in [0.2, 0.25) is 5.91 Å². The molecule has 0 bridgehead atoms. The third-order valence-electron chi connectivity index (χ3n) is 2.75. The monoisotopic (exact) mass is 243 g/mol. The molecule has 0 aromatic carbocycles. The minimum Gasteiger partial charge on any atom is -0.465 e. The van der Waals surface area contributed by atoms with Gasteiger partial charge in [0.25, 0.3) is 0 Å². The Morgan fingerprint density at radius 2 is 1.76 bits per heavy atom. The highest BCUT2D eigenvalue weighted by atomic mass is 16.4. The van der Waals surface area contributed by atoms with E-state index < -0.39 is 6.09 Å². The second-order valence-corrected chi connectivity index (χ2v) is 4.27. The van der Waals surface area contributed by atoms with Crippen LogP contribution in [-0.4, -0.2) is 41.8 Å². The van der Waals surface area contributed by atoms with E-state index in [9.17, 15) is 9.59 Å². The number of rotatable bonds is 5. The predicted octanol–water partition coefficient (Wildman–Crippen LogP) is 0.941. The number of hydrazine groups is 1. The van der Waals surface area contributed by atoms with E-state index in [1.54, 1.807) is 0 Å². The molecule has 1 aliphatic rings. The van der Waals surface area contributed by atoms with Gasteiger partial charge in [0.05, 0.1) is 0 Å². The molecule has 3 N–H and O–H groups in total. The van der Waals surface area contributed by atoms with Crippen LogP contribution in [0.25, 0.3) is 0 Å². The average Bonchev–Trinajstić information content (AvgIpc) is 2.53. The molecule has 2 amide bonds. The van der Waals surface area contributed by atoms with Gasteiger partial charge in [-0.05, 0) is 19.3 Å². The normalized spacial score (nSPS) is 17.2. The number of hydrogen-bond acceptors (Lipinski definition) is 3. The van der Waals surface area contributed by atoms with E-state index in [-0.39, 0.29) is 5.91 Å². The van der Waals surface area contributed by atoms with Crippen molar-refractivity contribution >= 4 is 12.0 Å². The summed E-state index contributed by atoms with van der Waals surface area (Å²) in [6.45, 7) is 2.15. The Morgan fingerprint density at radius 1 is 1.12 bits per heavy atom. The van der Waals surface area contributed by atoms with Gasteiger partial charge in [-0.1, -0.05) is 12.8 Å². The minimum absolute atomic E-state index is 0.0286. The van der Waals surface area contributed by atoms with Crippen molar-refractivity contribution in [3.05, 3.63) is 0 Å². The summed E-state index contributed by atoms with van der Waals surface area (Å²) >= 11 is 0. The molecule has 98 valence electrons. The molecule has 1 rings (SSSR count). The molecule has 0 aromatic heterocycles. The fraction of sp³-hybridized carbons (Fsp3) is 0.818. The van der Waals surface area contributed by atoms with Crippen molar-refractivity contribution in [2.75, 3.05) is 19.6 Å². The fourth-order valence-electron chi connectivity index (χ4n) is 1.86. The molecule has 0 aliphatic carbocycles. The molecule has 1 aliphatic heterocycles. The second kappa shape index (κ2) is 7.89. The molecule has 0 aromatic rings. The van der Waals surface area contributed by atoms with Crippen molar-refractivity contribution in [1.82, 2.24) is 15.8 Å². The van der Waals surface area contributed by atoms with E-state index >= 15 is 0 Å². The predicted molar refractivity (Wildman–Crippen MR) is 63.4 cm³/mol. The standard InChI is InChI=1S/C11H21N3O3/c15-10(6-5-7-12-11(16)17)13-14-8-3-1-2-4-9-14/h12H,1-9H2,(H,13,15)(H,16,17). The van der Waals surface area contributed by atoms with E-state index in [0.717, 1.165) is 25.9 Å². The number of nitrogens with one attached hydrogen (secondary N) is 2. The zero-order chi connectivity index (χ0) is 12.5. The summed E-state index contributed by atoms with van der Waals surface area (Å²) in [5.74, 6) is -0.0286. The van der Waals surface area contributed by atoms with Crippen LogP contribution in [0.3, 0.4) is 0 Å². The minimum atomic E-state index is -1.04. The smallest absolute Gasteiger partial charge is 0.404 e. The number of amides is 2. The molecular formula is C11H21N3O3. The summed E-state index contributed by atoms with van der Waals surface area (Å²) < 4.78 is 0. The van der Waals surface area contributed by atoms with Gasteiger partial charge in [-0.3, -0.25) is 10.2 Å². The average molecular weight is 243 g/mol.